The van der Waals surface area contributed by atoms with Crippen LogP contribution in [0.3, 0.4) is 0 Å². The second-order valence-corrected chi connectivity index (χ2v) is 14.6. The predicted molar refractivity (Wildman–Crippen MR) is 263 cm³/mol. The first-order valence-electron chi connectivity index (χ1n) is 19.6. The van der Waals surface area contributed by atoms with Gasteiger partial charge in [-0.1, -0.05) is 31.7 Å². The van der Waals surface area contributed by atoms with Crippen molar-refractivity contribution < 1.29 is 42.7 Å². The summed E-state index contributed by atoms with van der Waals surface area (Å²) in [7, 11) is -1.65. The van der Waals surface area contributed by atoms with E-state index in [2.05, 4.69) is 47.8 Å². The lowest BCUT2D eigenvalue weighted by molar-refractivity contribution is -0.384. The molecule has 1 fully saturated rings. The van der Waals surface area contributed by atoms with Gasteiger partial charge in [0, 0.05) is 54.2 Å². The minimum absolute atomic E-state index is 0. The van der Waals surface area contributed by atoms with Crippen LogP contribution < -0.4 is 34.1 Å². The monoisotopic (exact) mass is 1040 g/mol. The number of nitrogens with two attached hydrogens (primary N) is 5. The number of hydrogen-bond donors (Lipinski definition) is 7. The van der Waals surface area contributed by atoms with Crippen LogP contribution in [0.25, 0.3) is 22.3 Å². The molecule has 5 aromatic heterocycles. The second-order valence-electron chi connectivity index (χ2n) is 13.7. The van der Waals surface area contributed by atoms with Crippen LogP contribution in [0.1, 0.15) is 27.2 Å². The maximum Gasteiger partial charge on any atom is 0.490 e. The SMILES string of the molecule is C.CC1CCCO1.Nc1c(-c2cccc(F)c2)cncc1[N+](=O)[O-].Nc1c(Br)cncc1[N+](=O)[O-].Nc1ccncc1[N+](=O)[O-].Nc1cncc(-c2cccc(F)c2)c1N.OB(O)c1cncc(F)c1. The molecule has 1 unspecified atom stereocenters. The lowest BCUT2D eigenvalue weighted by atomic mass is 9.82. The van der Waals surface area contributed by atoms with Crippen molar-refractivity contribution in [1.82, 2.24) is 24.9 Å². The number of nitro groups is 3. The first-order valence-corrected chi connectivity index (χ1v) is 20.3. The molecule has 8 rings (SSSR count). The van der Waals surface area contributed by atoms with Gasteiger partial charge in [0.25, 0.3) is 0 Å². The molecule has 0 bridgehead atoms. The Balaban J connectivity index is 0.000000294. The van der Waals surface area contributed by atoms with Crippen molar-refractivity contribution in [3.63, 3.8) is 0 Å². The number of aromatic nitrogens is 5. The fourth-order valence-corrected chi connectivity index (χ4v) is 5.62. The molecule has 0 spiro atoms. The number of hydrogen-bond acceptors (Lipinski definition) is 19. The Morgan fingerprint density at radius 3 is 1.54 bits per heavy atom. The third kappa shape index (κ3) is 18.4. The molecule has 22 nitrogen and oxygen atoms in total. The van der Waals surface area contributed by atoms with Crippen LogP contribution >= 0.6 is 15.9 Å². The van der Waals surface area contributed by atoms with Crippen LogP contribution in [0.15, 0.2) is 127 Å². The summed E-state index contributed by atoms with van der Waals surface area (Å²) in [5, 5.41) is 48.0. The van der Waals surface area contributed by atoms with E-state index < -0.39 is 33.5 Å². The molecule has 1 aliphatic heterocycles. The summed E-state index contributed by atoms with van der Waals surface area (Å²) >= 11 is 3.02. The summed E-state index contributed by atoms with van der Waals surface area (Å²) in [5.41, 5.74) is 30.3. The molecule has 27 heteroatoms. The minimum Gasteiger partial charge on any atom is -0.423 e. The van der Waals surface area contributed by atoms with Crippen LogP contribution in [0.5, 0.6) is 0 Å². The van der Waals surface area contributed by atoms with Crippen LogP contribution in [-0.2, 0) is 4.74 Å². The number of benzene rings is 2. The van der Waals surface area contributed by atoms with Crippen molar-refractivity contribution in [2.75, 3.05) is 35.3 Å². The molecule has 0 amide bonds. The molecule has 1 atom stereocenters. The normalized spacial score (nSPS) is 11.8. The van der Waals surface area contributed by atoms with Crippen LogP contribution in [0.2, 0.25) is 0 Å². The summed E-state index contributed by atoms with van der Waals surface area (Å²) in [6, 6.07) is 14.2. The fourth-order valence-electron chi connectivity index (χ4n) is 5.30. The molecule has 368 valence electrons. The minimum atomic E-state index is -1.65. The van der Waals surface area contributed by atoms with Gasteiger partial charge in [0.15, 0.2) is 0 Å². The van der Waals surface area contributed by atoms with Gasteiger partial charge in [-0.25, -0.2) is 13.2 Å². The molecule has 70 heavy (non-hydrogen) atoms. The summed E-state index contributed by atoms with van der Waals surface area (Å²) in [4.78, 5) is 47.5. The van der Waals surface area contributed by atoms with Crippen molar-refractivity contribution in [1.29, 1.82) is 0 Å². The van der Waals surface area contributed by atoms with E-state index in [1.165, 1.54) is 80.2 Å². The number of rotatable bonds is 6. The zero-order valence-electron chi connectivity index (χ0n) is 36.1. The smallest absolute Gasteiger partial charge is 0.423 e. The van der Waals surface area contributed by atoms with Crippen LogP contribution in [0.4, 0.5) is 58.7 Å². The summed E-state index contributed by atoms with van der Waals surface area (Å²) < 4.78 is 43.9. The molecule has 7 aromatic rings. The van der Waals surface area contributed by atoms with Gasteiger partial charge in [-0.2, -0.15) is 0 Å². The average Bonchev–Trinajstić information content (AvgIpc) is 3.80. The van der Waals surface area contributed by atoms with Crippen molar-refractivity contribution >= 4 is 74.0 Å². The van der Waals surface area contributed by atoms with Crippen LogP contribution in [-0.4, -0.2) is 69.6 Å². The van der Waals surface area contributed by atoms with Gasteiger partial charge < -0.3 is 43.5 Å². The highest BCUT2D eigenvalue weighted by Crippen LogP contribution is 2.32. The predicted octanol–water partition coefficient (Wildman–Crippen LogP) is 7.06. The first-order chi connectivity index (χ1) is 32.7. The van der Waals surface area contributed by atoms with E-state index >= 15 is 0 Å². The highest BCUT2D eigenvalue weighted by atomic mass is 79.9. The van der Waals surface area contributed by atoms with E-state index in [1.807, 2.05) is 0 Å². The first kappa shape index (κ1) is 57.7. The number of nitrogens with zero attached hydrogens (tertiary/aromatic N) is 8. The Bertz CT molecular complexity index is 2840. The van der Waals surface area contributed by atoms with E-state index in [9.17, 15) is 43.5 Å². The number of ether oxygens (including phenoxy) is 1. The molecule has 6 heterocycles. The topological polar surface area (TPSA) is 374 Å². The largest absolute Gasteiger partial charge is 0.490 e. The Kier molecular flexibility index (Phi) is 23.7. The second kappa shape index (κ2) is 28.7. The molecular weight excluding hydrogens is 990 g/mol. The zero-order chi connectivity index (χ0) is 51.2. The van der Waals surface area contributed by atoms with Crippen molar-refractivity contribution in [3.8, 4) is 22.3 Å². The maximum absolute atomic E-state index is 13.0. The molecule has 1 aliphatic rings. The van der Waals surface area contributed by atoms with E-state index in [1.54, 1.807) is 24.4 Å². The highest BCUT2D eigenvalue weighted by molar-refractivity contribution is 9.10. The number of nitrogen functional groups attached to an aromatic ring is 5. The Hall–Kier alpha value is -8.40. The third-order valence-corrected chi connectivity index (χ3v) is 9.41. The third-order valence-electron chi connectivity index (χ3n) is 8.78. The molecule has 2 aromatic carbocycles. The molecule has 1 saturated heterocycles. The van der Waals surface area contributed by atoms with E-state index in [0.29, 0.717) is 44.2 Å². The van der Waals surface area contributed by atoms with E-state index in [4.69, 9.17) is 43.5 Å². The molecule has 12 N–H and O–H groups in total. The number of halogens is 4. The van der Waals surface area contributed by atoms with Gasteiger partial charge in [-0.05, 0) is 83.2 Å². The average molecular weight is 1040 g/mol. The maximum atomic E-state index is 13.0. The summed E-state index contributed by atoms with van der Waals surface area (Å²) in [6.07, 6.45) is 15.8. The molecule has 0 radical (unpaired) electrons. The van der Waals surface area contributed by atoms with E-state index in [0.717, 1.165) is 37.5 Å². The van der Waals surface area contributed by atoms with E-state index in [-0.39, 0.29) is 52.8 Å². The lowest BCUT2D eigenvalue weighted by Gasteiger charge is -2.07. The van der Waals surface area contributed by atoms with Gasteiger partial charge in [-0.3, -0.25) is 55.3 Å². The van der Waals surface area contributed by atoms with Gasteiger partial charge >= 0.3 is 24.2 Å². The van der Waals surface area contributed by atoms with Crippen LogP contribution in [0, 0.1) is 47.8 Å². The molecule has 0 saturated carbocycles. The number of pyridine rings is 5. The van der Waals surface area contributed by atoms with Crippen molar-refractivity contribution in [2.45, 2.75) is 33.3 Å². The summed E-state index contributed by atoms with van der Waals surface area (Å²) in [5.74, 6) is -1.33. The van der Waals surface area contributed by atoms with Gasteiger partial charge in [0.05, 0.1) is 49.1 Å². The standard InChI is InChI=1S/C11H8FN3O2.C11H10FN3.C5H5BFNO2.C5H4BrN3O2.C5H5N3O2.C5H10O.CH4/c12-8-3-1-2-7(4-8)9-5-14-6-10(11(9)13)15(16)17;12-8-3-1-2-7(4-8)9-5-15-6-10(13)11(9)14;7-5-1-4(6(9)10)2-8-3-5;6-3-1-8-2-4(5(3)7)9(10)11;6-4-1-2-7-3-5(4)8(9)10;1-5-3-2-4-6-5;/h1-6H,(H2,13,14);1-6H,13H2,(H2,14,15);1-3,9-10H;1-2H,(H2,7,8);1-3H,(H2,6,7);5H,2-4H2,1H3;1H4. The quantitative estimate of drug-likeness (QED) is 0.0498. The Labute approximate surface area is 406 Å². The van der Waals surface area contributed by atoms with Gasteiger partial charge in [0.2, 0.25) is 0 Å². The number of anilines is 5. The van der Waals surface area contributed by atoms with Crippen molar-refractivity contribution in [2.24, 2.45) is 0 Å². The van der Waals surface area contributed by atoms with Crippen molar-refractivity contribution in [3.05, 3.63) is 175 Å². The van der Waals surface area contributed by atoms with Gasteiger partial charge in [-0.15, -0.1) is 0 Å². The molecule has 0 aliphatic carbocycles. The summed E-state index contributed by atoms with van der Waals surface area (Å²) in [6.45, 7) is 3.11. The highest BCUT2D eigenvalue weighted by Gasteiger charge is 2.17. The fraction of sp³-hybridized carbons (Fsp3) is 0.140. The Morgan fingerprint density at radius 1 is 0.629 bits per heavy atom. The lowest BCUT2D eigenvalue weighted by Crippen LogP contribution is -2.30. The molecular formula is C43H46BBrF3N13O9. The zero-order valence-corrected chi connectivity index (χ0v) is 37.6. The Morgan fingerprint density at radius 2 is 1.13 bits per heavy atom. The van der Waals surface area contributed by atoms with Gasteiger partial charge in [0.1, 0.15) is 53.1 Å².